The number of nitrogens with zero attached hydrogens (tertiary/aromatic N) is 4. The minimum atomic E-state index is -0.833. The van der Waals surface area contributed by atoms with Crippen LogP contribution in [0.15, 0.2) is 106 Å². The van der Waals surface area contributed by atoms with Gasteiger partial charge in [0.2, 0.25) is 0 Å². The Balaban J connectivity index is 0.00000107. The van der Waals surface area contributed by atoms with Gasteiger partial charge in [-0.1, -0.05) is 74.6 Å². The molecule has 3 heterocycles. The number of thiazole rings is 1. The van der Waals surface area contributed by atoms with Crippen LogP contribution < -0.4 is 14.9 Å². The highest BCUT2D eigenvalue weighted by Crippen LogP contribution is 2.32. The average Bonchev–Trinajstić information content (AvgIpc) is 3.60. The van der Waals surface area contributed by atoms with Crippen molar-refractivity contribution in [3.63, 3.8) is 0 Å². The summed E-state index contributed by atoms with van der Waals surface area (Å²) in [6, 6.07) is 23.0. The van der Waals surface area contributed by atoms with Crippen molar-refractivity contribution in [2.45, 2.75) is 46.1 Å². The van der Waals surface area contributed by atoms with Gasteiger partial charge in [0.1, 0.15) is 11.5 Å². The molecule has 0 fully saturated rings. The second-order valence-electron chi connectivity index (χ2n) is 12.2. The molecule has 11 heteroatoms. The lowest BCUT2D eigenvalue weighted by Gasteiger charge is -2.25. The van der Waals surface area contributed by atoms with Crippen molar-refractivity contribution in [2.75, 3.05) is 7.11 Å². The lowest BCUT2D eigenvalue weighted by molar-refractivity contribution is -0.137. The van der Waals surface area contributed by atoms with Gasteiger partial charge in [0, 0.05) is 24.2 Å². The second kappa shape index (κ2) is 13.7. The molecule has 246 valence electrons. The number of para-hydroxylation sites is 1. The Morgan fingerprint density at radius 1 is 1.00 bits per heavy atom. The van der Waals surface area contributed by atoms with E-state index in [0.29, 0.717) is 37.4 Å². The predicted molar refractivity (Wildman–Crippen MR) is 183 cm³/mol. The Labute approximate surface area is 280 Å². The summed E-state index contributed by atoms with van der Waals surface area (Å²) in [7, 11) is 1.33. The highest BCUT2D eigenvalue weighted by Gasteiger charge is 2.33. The number of ether oxygens (including phenoxy) is 1. The van der Waals surface area contributed by atoms with Crippen molar-refractivity contribution in [1.82, 2.24) is 14.3 Å². The number of rotatable bonds is 5. The molecule has 3 aromatic carbocycles. The van der Waals surface area contributed by atoms with E-state index in [4.69, 9.17) is 19.7 Å². The van der Waals surface area contributed by atoms with Gasteiger partial charge in [-0.15, -0.1) is 0 Å². The van der Waals surface area contributed by atoms with Gasteiger partial charge in [-0.2, -0.15) is 5.10 Å². The fourth-order valence-electron chi connectivity index (χ4n) is 5.35. The van der Waals surface area contributed by atoms with E-state index in [1.165, 1.54) is 30.6 Å². The van der Waals surface area contributed by atoms with Crippen molar-refractivity contribution in [3.05, 3.63) is 139 Å². The number of fused-ring (bicyclic) bond motifs is 1. The zero-order valence-electron chi connectivity index (χ0n) is 27.4. The smallest absolute Gasteiger partial charge is 0.338 e. The highest BCUT2D eigenvalue weighted by atomic mass is 32.1. The number of benzene rings is 3. The van der Waals surface area contributed by atoms with Crippen molar-refractivity contribution < 1.29 is 23.8 Å². The predicted octanol–water partition coefficient (Wildman–Crippen LogP) is 5.79. The summed E-state index contributed by atoms with van der Waals surface area (Å²) in [6.07, 6.45) is 3.63. The van der Waals surface area contributed by atoms with Crippen LogP contribution in [0.3, 0.4) is 0 Å². The molecule has 2 aromatic heterocycles. The molecule has 1 N–H and O–H groups in total. The molecule has 0 aliphatic carbocycles. The minimum absolute atomic E-state index is 0.0592. The van der Waals surface area contributed by atoms with Gasteiger partial charge in [-0.05, 0) is 65.9 Å². The van der Waals surface area contributed by atoms with Gasteiger partial charge in [-0.25, -0.2) is 18.9 Å². The summed E-state index contributed by atoms with van der Waals surface area (Å²) >= 11 is 1.24. The Morgan fingerprint density at radius 2 is 1.62 bits per heavy atom. The number of hydrogen-bond donors (Lipinski definition) is 1. The van der Waals surface area contributed by atoms with Crippen molar-refractivity contribution in [2.24, 2.45) is 4.99 Å². The summed E-state index contributed by atoms with van der Waals surface area (Å²) in [5.41, 5.74) is 5.22. The number of carboxylic acids is 1. The number of esters is 1. The normalized spacial score (nSPS) is 14.5. The van der Waals surface area contributed by atoms with E-state index >= 15 is 0 Å². The second-order valence-corrected chi connectivity index (χ2v) is 13.2. The Morgan fingerprint density at radius 3 is 2.21 bits per heavy atom. The molecule has 0 bridgehead atoms. The van der Waals surface area contributed by atoms with Gasteiger partial charge in [0.05, 0.1) is 34.6 Å². The molecule has 48 heavy (non-hydrogen) atoms. The lowest BCUT2D eigenvalue weighted by atomic mass is 9.85. The molecule has 0 saturated carbocycles. The van der Waals surface area contributed by atoms with Crippen molar-refractivity contribution >= 4 is 29.4 Å². The third kappa shape index (κ3) is 7.11. The molecule has 0 radical (unpaired) electrons. The SMILES string of the molecule is CC(=O)O.COC(=O)C1=C(C)N=c2sc(=Cc3cn(-c4ccccc4)nc3-c3ccc(F)cc3)c(=O)n2C1c1ccc(C(C)(C)C)cc1. The molecule has 0 saturated heterocycles. The molecule has 6 rings (SSSR count). The van der Waals surface area contributed by atoms with Crippen LogP contribution in [-0.4, -0.2) is 38.5 Å². The number of halogens is 1. The van der Waals surface area contributed by atoms with E-state index < -0.39 is 18.0 Å². The number of hydrogen-bond acceptors (Lipinski definition) is 7. The van der Waals surface area contributed by atoms with E-state index in [1.54, 1.807) is 34.4 Å². The summed E-state index contributed by atoms with van der Waals surface area (Å²) in [4.78, 5) is 41.4. The largest absolute Gasteiger partial charge is 0.481 e. The van der Waals surface area contributed by atoms with Crippen molar-refractivity contribution in [3.8, 4) is 16.9 Å². The number of carboxylic acid groups (broad SMARTS) is 1. The first-order valence-electron chi connectivity index (χ1n) is 15.1. The Hall–Kier alpha value is -5.42. The fraction of sp³-hybridized carbons (Fsp3) is 0.216. The zero-order chi connectivity index (χ0) is 34.7. The van der Waals surface area contributed by atoms with Crippen LogP contribution in [0.4, 0.5) is 4.39 Å². The van der Waals surface area contributed by atoms with Crippen LogP contribution in [-0.2, 0) is 19.7 Å². The quantitative estimate of drug-likeness (QED) is 0.238. The van der Waals surface area contributed by atoms with E-state index in [9.17, 15) is 14.0 Å². The standard InChI is InChI=1S/C35H31FN4O3S.C2H4O2/c1-21-29(33(42)43-5)31(23-11-15-25(16-12-23)35(2,3)4)40-32(41)28(44-34(40)37-21)19-24-20-39(27-9-7-6-8-10-27)38-30(24)22-13-17-26(36)18-14-22;1-2(3)4/h6-20,31H,1-5H3;1H3,(H,3,4). The third-order valence-corrected chi connectivity index (χ3v) is 8.67. The van der Waals surface area contributed by atoms with Gasteiger partial charge in [0.15, 0.2) is 4.80 Å². The van der Waals surface area contributed by atoms with Crippen LogP contribution in [0, 0.1) is 5.82 Å². The fourth-order valence-corrected chi connectivity index (χ4v) is 6.39. The van der Waals surface area contributed by atoms with Crippen LogP contribution >= 0.6 is 11.3 Å². The molecule has 1 aliphatic rings. The average molecular weight is 667 g/mol. The first kappa shape index (κ1) is 33.9. The lowest BCUT2D eigenvalue weighted by Crippen LogP contribution is -2.39. The van der Waals surface area contributed by atoms with E-state index in [-0.39, 0.29) is 16.8 Å². The number of carbonyl (C=O) groups is 2. The van der Waals surface area contributed by atoms with Crippen molar-refractivity contribution in [1.29, 1.82) is 0 Å². The zero-order valence-corrected chi connectivity index (χ0v) is 28.2. The van der Waals surface area contributed by atoms with E-state index in [0.717, 1.165) is 23.7 Å². The molecule has 9 nitrogen and oxygen atoms in total. The minimum Gasteiger partial charge on any atom is -0.481 e. The summed E-state index contributed by atoms with van der Waals surface area (Å²) in [6.45, 7) is 9.25. The maximum atomic E-state index is 14.2. The molecule has 1 unspecified atom stereocenters. The van der Waals surface area contributed by atoms with Gasteiger partial charge in [-0.3, -0.25) is 14.2 Å². The molecule has 0 amide bonds. The van der Waals surface area contributed by atoms with E-state index in [2.05, 4.69) is 25.8 Å². The third-order valence-electron chi connectivity index (χ3n) is 7.69. The van der Waals surface area contributed by atoms with Gasteiger partial charge < -0.3 is 9.84 Å². The summed E-state index contributed by atoms with van der Waals surface area (Å²) in [5.74, 6) is -1.72. The number of methoxy groups -OCH3 is 1. The summed E-state index contributed by atoms with van der Waals surface area (Å²) in [5, 5.41) is 12.2. The Bertz CT molecular complexity index is 2190. The molecule has 1 aliphatic heterocycles. The topological polar surface area (TPSA) is 116 Å². The number of allylic oxidation sites excluding steroid dienone is 1. The molecule has 0 spiro atoms. The number of carbonyl (C=O) groups excluding carboxylic acids is 1. The molecular formula is C37H35FN4O5S. The number of aromatic nitrogens is 3. The van der Waals surface area contributed by atoms with Gasteiger partial charge in [0.25, 0.3) is 11.5 Å². The Kier molecular flexibility index (Phi) is 9.72. The van der Waals surface area contributed by atoms with Crippen LogP contribution in [0.5, 0.6) is 0 Å². The van der Waals surface area contributed by atoms with Gasteiger partial charge >= 0.3 is 5.97 Å². The molecule has 5 aromatic rings. The van der Waals surface area contributed by atoms with Crippen LogP contribution in [0.2, 0.25) is 0 Å². The van der Waals surface area contributed by atoms with Crippen LogP contribution in [0.25, 0.3) is 23.0 Å². The number of aliphatic carboxylic acids is 1. The summed E-state index contributed by atoms with van der Waals surface area (Å²) < 4.78 is 22.7. The molecule has 1 atom stereocenters. The first-order valence-corrected chi connectivity index (χ1v) is 15.9. The van der Waals surface area contributed by atoms with E-state index in [1.807, 2.05) is 60.8 Å². The maximum absolute atomic E-state index is 14.2. The first-order chi connectivity index (χ1) is 22.8. The maximum Gasteiger partial charge on any atom is 0.338 e. The van der Waals surface area contributed by atoms with Crippen LogP contribution in [0.1, 0.15) is 57.4 Å². The monoisotopic (exact) mass is 666 g/mol. The molecular weight excluding hydrogens is 631 g/mol. The highest BCUT2D eigenvalue weighted by molar-refractivity contribution is 7.07.